The van der Waals surface area contributed by atoms with Crippen molar-refractivity contribution in [2.45, 2.75) is 43.4 Å². The standard InChI is InChI=1S/C15H21BrO4/c1-3-4-13(20-9(2)17)14-10-8-15(18-5-6-19-15)11(14)7-12(10)16/h3-4,10-14H,5-8H2,1-2H3/b4-3+/t10-,11+,12+,13-,14+/m0/s1. The fourth-order valence-corrected chi connectivity index (χ4v) is 5.18. The zero-order valence-corrected chi connectivity index (χ0v) is 13.5. The molecule has 112 valence electrons. The predicted molar refractivity (Wildman–Crippen MR) is 77.4 cm³/mol. The summed E-state index contributed by atoms with van der Waals surface area (Å²) >= 11 is 3.78. The van der Waals surface area contributed by atoms with Crippen molar-refractivity contribution in [3.8, 4) is 0 Å². The van der Waals surface area contributed by atoms with Crippen LogP contribution in [0.5, 0.6) is 0 Å². The van der Waals surface area contributed by atoms with Gasteiger partial charge < -0.3 is 14.2 Å². The van der Waals surface area contributed by atoms with Gasteiger partial charge >= 0.3 is 5.97 Å². The quantitative estimate of drug-likeness (QED) is 0.448. The van der Waals surface area contributed by atoms with E-state index in [1.54, 1.807) is 0 Å². The Hall–Kier alpha value is -0.390. The van der Waals surface area contributed by atoms with Gasteiger partial charge in [-0.15, -0.1) is 0 Å². The van der Waals surface area contributed by atoms with E-state index in [0.29, 0.717) is 29.9 Å². The Morgan fingerprint density at radius 3 is 2.75 bits per heavy atom. The number of hydrogen-bond acceptors (Lipinski definition) is 4. The van der Waals surface area contributed by atoms with Crippen molar-refractivity contribution >= 4 is 21.9 Å². The lowest BCUT2D eigenvalue weighted by Gasteiger charge is -2.34. The summed E-state index contributed by atoms with van der Waals surface area (Å²) in [6.07, 6.45) is 5.68. The van der Waals surface area contributed by atoms with Crippen LogP contribution in [0.2, 0.25) is 0 Å². The summed E-state index contributed by atoms with van der Waals surface area (Å²) in [6, 6.07) is 0. The molecule has 4 nitrogen and oxygen atoms in total. The number of fused-ring (bicyclic) bond motifs is 3. The molecular formula is C15H21BrO4. The molecule has 2 bridgehead atoms. The van der Waals surface area contributed by atoms with Crippen molar-refractivity contribution < 1.29 is 19.0 Å². The van der Waals surface area contributed by atoms with Crippen LogP contribution in [-0.4, -0.2) is 35.9 Å². The normalized spacial score (nSPS) is 39.8. The van der Waals surface area contributed by atoms with Gasteiger partial charge in [-0.1, -0.05) is 22.0 Å². The van der Waals surface area contributed by atoms with Gasteiger partial charge in [0, 0.05) is 30.0 Å². The van der Waals surface area contributed by atoms with Crippen LogP contribution in [0, 0.1) is 17.8 Å². The Balaban J connectivity index is 1.86. The minimum atomic E-state index is -0.431. The number of rotatable bonds is 3. The molecule has 3 aliphatic rings. The van der Waals surface area contributed by atoms with Crippen molar-refractivity contribution in [3.63, 3.8) is 0 Å². The van der Waals surface area contributed by atoms with Gasteiger partial charge in [0.15, 0.2) is 5.79 Å². The van der Waals surface area contributed by atoms with Crippen LogP contribution in [0.15, 0.2) is 12.2 Å². The van der Waals surface area contributed by atoms with E-state index in [4.69, 9.17) is 14.2 Å². The molecule has 20 heavy (non-hydrogen) atoms. The van der Waals surface area contributed by atoms with E-state index in [-0.39, 0.29) is 18.0 Å². The number of alkyl halides is 1. The minimum Gasteiger partial charge on any atom is -0.458 e. The van der Waals surface area contributed by atoms with E-state index in [1.807, 2.05) is 19.1 Å². The van der Waals surface area contributed by atoms with E-state index in [0.717, 1.165) is 12.8 Å². The summed E-state index contributed by atoms with van der Waals surface area (Å²) in [5.74, 6) is 0.337. The fourth-order valence-electron chi connectivity index (χ4n) is 4.23. The number of carbonyl (C=O) groups is 1. The third-order valence-electron chi connectivity index (χ3n) is 4.83. The van der Waals surface area contributed by atoms with Crippen molar-refractivity contribution in [3.05, 3.63) is 12.2 Å². The van der Waals surface area contributed by atoms with E-state index < -0.39 is 5.79 Å². The first-order chi connectivity index (χ1) is 9.57. The first kappa shape index (κ1) is 14.5. The molecule has 0 aromatic rings. The molecular weight excluding hydrogens is 324 g/mol. The number of carbonyl (C=O) groups excluding carboxylic acids is 1. The lowest BCUT2D eigenvalue weighted by Crippen LogP contribution is -2.40. The average molecular weight is 345 g/mol. The van der Waals surface area contributed by atoms with Crippen molar-refractivity contribution in [2.24, 2.45) is 17.8 Å². The smallest absolute Gasteiger partial charge is 0.303 e. The maximum absolute atomic E-state index is 11.4. The van der Waals surface area contributed by atoms with Crippen molar-refractivity contribution in [1.29, 1.82) is 0 Å². The molecule has 0 aromatic heterocycles. The Morgan fingerprint density at radius 2 is 2.15 bits per heavy atom. The molecule has 1 heterocycles. The lowest BCUT2D eigenvalue weighted by molar-refractivity contribution is -0.195. The van der Waals surface area contributed by atoms with Gasteiger partial charge in [0.05, 0.1) is 13.2 Å². The zero-order valence-electron chi connectivity index (χ0n) is 11.9. The molecule has 3 rings (SSSR count). The molecule has 1 spiro atoms. The summed E-state index contributed by atoms with van der Waals surface area (Å²) in [5, 5.41) is 0. The van der Waals surface area contributed by atoms with Crippen molar-refractivity contribution in [2.75, 3.05) is 13.2 Å². The fraction of sp³-hybridized carbons (Fsp3) is 0.800. The molecule has 5 heteroatoms. The van der Waals surface area contributed by atoms with Gasteiger partial charge in [0.1, 0.15) is 6.10 Å². The molecule has 2 aliphatic carbocycles. The highest BCUT2D eigenvalue weighted by molar-refractivity contribution is 9.09. The van der Waals surface area contributed by atoms with Gasteiger partial charge in [-0.05, 0) is 25.3 Å². The zero-order chi connectivity index (χ0) is 14.3. The van der Waals surface area contributed by atoms with Crippen LogP contribution in [0.3, 0.4) is 0 Å². The van der Waals surface area contributed by atoms with Crippen molar-refractivity contribution in [1.82, 2.24) is 0 Å². The molecule has 2 saturated carbocycles. The minimum absolute atomic E-state index is 0.178. The summed E-state index contributed by atoms with van der Waals surface area (Å²) in [7, 11) is 0. The summed E-state index contributed by atoms with van der Waals surface area (Å²) in [5.41, 5.74) is 0. The third-order valence-corrected chi connectivity index (χ3v) is 5.88. The molecule has 1 saturated heterocycles. The van der Waals surface area contributed by atoms with Gasteiger partial charge in [0.25, 0.3) is 0 Å². The molecule has 0 amide bonds. The highest BCUT2D eigenvalue weighted by Crippen LogP contribution is 2.61. The van der Waals surface area contributed by atoms with Crippen LogP contribution in [0.1, 0.15) is 26.7 Å². The van der Waals surface area contributed by atoms with Crippen LogP contribution in [0.25, 0.3) is 0 Å². The highest BCUT2D eigenvalue weighted by atomic mass is 79.9. The first-order valence-electron chi connectivity index (χ1n) is 7.29. The van der Waals surface area contributed by atoms with E-state index in [9.17, 15) is 4.79 Å². The second-order valence-corrected chi connectivity index (χ2v) is 7.09. The maximum atomic E-state index is 11.4. The maximum Gasteiger partial charge on any atom is 0.303 e. The van der Waals surface area contributed by atoms with Gasteiger partial charge in [0.2, 0.25) is 0 Å². The summed E-state index contributed by atoms with van der Waals surface area (Å²) < 4.78 is 17.4. The molecule has 0 unspecified atom stereocenters. The second kappa shape index (κ2) is 5.43. The molecule has 0 radical (unpaired) electrons. The first-order valence-corrected chi connectivity index (χ1v) is 8.21. The van der Waals surface area contributed by atoms with Crippen LogP contribution in [0.4, 0.5) is 0 Å². The van der Waals surface area contributed by atoms with Crippen LogP contribution < -0.4 is 0 Å². The molecule has 3 fully saturated rings. The number of esters is 1. The number of allylic oxidation sites excluding steroid dienone is 1. The molecule has 0 N–H and O–H groups in total. The summed E-state index contributed by atoms with van der Waals surface area (Å²) in [4.78, 5) is 11.8. The average Bonchev–Trinajstić information content (AvgIpc) is 3.03. The Kier molecular flexibility index (Phi) is 3.95. The summed E-state index contributed by atoms with van der Waals surface area (Å²) in [6.45, 7) is 4.77. The third kappa shape index (κ3) is 2.24. The van der Waals surface area contributed by atoms with Gasteiger partial charge in [-0.3, -0.25) is 4.79 Å². The number of ether oxygens (including phenoxy) is 3. The molecule has 5 atom stereocenters. The van der Waals surface area contributed by atoms with Gasteiger partial charge in [-0.25, -0.2) is 0 Å². The Labute approximate surface area is 128 Å². The highest BCUT2D eigenvalue weighted by Gasteiger charge is 2.65. The molecule has 0 aromatic carbocycles. The second-order valence-electron chi connectivity index (χ2n) is 5.91. The van der Waals surface area contributed by atoms with Crippen LogP contribution in [-0.2, 0) is 19.0 Å². The van der Waals surface area contributed by atoms with E-state index in [1.165, 1.54) is 6.92 Å². The lowest BCUT2D eigenvalue weighted by atomic mass is 9.89. The SMILES string of the molecule is C/C=C/[C@H](OC(C)=O)[C@@H]1[C@H]2CC3(OCCO3)[C@@H]1C[C@H]2Br. The Morgan fingerprint density at radius 1 is 1.45 bits per heavy atom. The largest absolute Gasteiger partial charge is 0.458 e. The predicted octanol–water partition coefficient (Wildman–Crippen LogP) is 2.66. The van der Waals surface area contributed by atoms with Crippen LogP contribution >= 0.6 is 15.9 Å². The topological polar surface area (TPSA) is 44.8 Å². The monoisotopic (exact) mass is 344 g/mol. The number of hydrogen-bond donors (Lipinski definition) is 0. The molecule has 1 aliphatic heterocycles. The number of halogens is 1. The van der Waals surface area contributed by atoms with E-state index >= 15 is 0 Å². The Bertz CT molecular complexity index is 416. The van der Waals surface area contributed by atoms with E-state index in [2.05, 4.69) is 15.9 Å². The van der Waals surface area contributed by atoms with Gasteiger partial charge in [-0.2, -0.15) is 0 Å².